The second-order valence-corrected chi connectivity index (χ2v) is 5.37. The second kappa shape index (κ2) is 5.09. The number of anilines is 1. The van der Waals surface area contributed by atoms with Crippen molar-refractivity contribution in [3.8, 4) is 10.6 Å². The number of rotatable bonds is 2. The van der Waals surface area contributed by atoms with Gasteiger partial charge < -0.3 is 5.32 Å². The predicted octanol–water partition coefficient (Wildman–Crippen LogP) is 3.49. The highest BCUT2D eigenvalue weighted by atomic mass is 35.5. The largest absolute Gasteiger partial charge is 0.316 e. The molecule has 1 aromatic heterocycles. The van der Waals surface area contributed by atoms with Crippen LogP contribution in [0.3, 0.4) is 0 Å². The summed E-state index contributed by atoms with van der Waals surface area (Å²) in [5.74, 6) is 0. The highest BCUT2D eigenvalue weighted by Crippen LogP contribution is 2.31. The predicted molar refractivity (Wildman–Crippen MR) is 75.6 cm³/mol. The summed E-state index contributed by atoms with van der Waals surface area (Å²) >= 11 is 16.2. The highest BCUT2D eigenvalue weighted by Gasteiger charge is 2.09. The van der Waals surface area contributed by atoms with E-state index in [1.807, 2.05) is 24.3 Å². The third-order valence-electron chi connectivity index (χ3n) is 1.74. The van der Waals surface area contributed by atoms with Crippen molar-refractivity contribution in [3.63, 3.8) is 0 Å². The minimum Gasteiger partial charge on any atom is -0.316 e. The fraction of sp³-hybridized carbons (Fsp3) is 0. The van der Waals surface area contributed by atoms with Gasteiger partial charge in [0.05, 0.1) is 5.02 Å². The van der Waals surface area contributed by atoms with Crippen LogP contribution in [-0.2, 0) is 0 Å². The van der Waals surface area contributed by atoms with Crippen LogP contribution in [0, 0.1) is 0 Å². The standard InChI is InChI=1S/C9H6ClN3S3/c10-6-4-2-1-3-5(6)7-12-13-8(16-7)11-9(14)15/h1-4H,(H2,11,13,14,15). The lowest BCUT2D eigenvalue weighted by atomic mass is 10.2. The molecule has 0 unspecified atom stereocenters. The van der Waals surface area contributed by atoms with Gasteiger partial charge in [-0.25, -0.2) is 0 Å². The maximum Gasteiger partial charge on any atom is 0.211 e. The molecule has 0 atom stereocenters. The van der Waals surface area contributed by atoms with Gasteiger partial charge >= 0.3 is 0 Å². The molecule has 82 valence electrons. The number of thiocarbonyl (C=S) groups is 1. The zero-order valence-electron chi connectivity index (χ0n) is 7.85. The molecule has 0 saturated carbocycles. The number of hydrogen-bond donors (Lipinski definition) is 2. The number of nitrogens with one attached hydrogen (secondary N) is 1. The second-order valence-electron chi connectivity index (χ2n) is 2.82. The normalized spacial score (nSPS) is 10.1. The first-order valence-electron chi connectivity index (χ1n) is 4.25. The van der Waals surface area contributed by atoms with E-state index in [4.69, 9.17) is 23.8 Å². The molecule has 2 aromatic rings. The number of halogens is 1. The molecule has 0 aliphatic heterocycles. The van der Waals surface area contributed by atoms with E-state index >= 15 is 0 Å². The average molecular weight is 288 g/mol. The minimum atomic E-state index is 0.363. The van der Waals surface area contributed by atoms with Crippen LogP contribution in [0.25, 0.3) is 10.6 Å². The number of benzene rings is 1. The lowest BCUT2D eigenvalue weighted by Gasteiger charge is -1.97. The van der Waals surface area contributed by atoms with Gasteiger partial charge in [-0.05, 0) is 6.07 Å². The molecule has 0 amide bonds. The van der Waals surface area contributed by atoms with Crippen LogP contribution in [0.2, 0.25) is 5.02 Å². The zero-order chi connectivity index (χ0) is 11.5. The summed E-state index contributed by atoms with van der Waals surface area (Å²) in [6.45, 7) is 0. The number of aromatic nitrogens is 2. The topological polar surface area (TPSA) is 37.8 Å². The summed E-state index contributed by atoms with van der Waals surface area (Å²) in [5, 5.41) is 12.8. The fourth-order valence-electron chi connectivity index (χ4n) is 1.11. The summed E-state index contributed by atoms with van der Waals surface area (Å²) in [5.41, 5.74) is 0.861. The molecular formula is C9H6ClN3S3. The Hall–Kier alpha value is -0.690. The molecule has 1 aromatic carbocycles. The van der Waals surface area contributed by atoms with Crippen molar-refractivity contribution in [2.45, 2.75) is 0 Å². The molecule has 3 nitrogen and oxygen atoms in total. The van der Waals surface area contributed by atoms with Crippen molar-refractivity contribution in [2.75, 3.05) is 5.32 Å². The maximum atomic E-state index is 6.05. The summed E-state index contributed by atoms with van der Waals surface area (Å²) in [6.07, 6.45) is 0. The summed E-state index contributed by atoms with van der Waals surface area (Å²) in [4.78, 5) is 0. The van der Waals surface area contributed by atoms with E-state index in [0.29, 0.717) is 14.5 Å². The van der Waals surface area contributed by atoms with Crippen molar-refractivity contribution in [2.24, 2.45) is 0 Å². The quantitative estimate of drug-likeness (QED) is 0.655. The van der Waals surface area contributed by atoms with Gasteiger partial charge in [-0.1, -0.05) is 53.4 Å². The van der Waals surface area contributed by atoms with Gasteiger partial charge in [0.2, 0.25) is 5.13 Å². The molecule has 0 aliphatic carbocycles. The number of nitrogens with zero attached hydrogens (tertiary/aromatic N) is 2. The minimum absolute atomic E-state index is 0.363. The SMILES string of the molecule is S=C(S)Nc1nnc(-c2ccccc2Cl)s1. The Morgan fingerprint density at radius 3 is 2.81 bits per heavy atom. The lowest BCUT2D eigenvalue weighted by Crippen LogP contribution is -1.99. The van der Waals surface area contributed by atoms with E-state index < -0.39 is 0 Å². The van der Waals surface area contributed by atoms with E-state index in [9.17, 15) is 0 Å². The van der Waals surface area contributed by atoms with Crippen LogP contribution in [0.1, 0.15) is 0 Å². The Labute approximate surface area is 112 Å². The van der Waals surface area contributed by atoms with Crippen LogP contribution >= 0.6 is 47.8 Å². The fourth-order valence-corrected chi connectivity index (χ4v) is 2.52. The first kappa shape index (κ1) is 11.8. The van der Waals surface area contributed by atoms with E-state index in [-0.39, 0.29) is 0 Å². The van der Waals surface area contributed by atoms with E-state index in [0.717, 1.165) is 10.6 Å². The smallest absolute Gasteiger partial charge is 0.211 e. The molecule has 0 bridgehead atoms. The summed E-state index contributed by atoms with van der Waals surface area (Å²) in [6, 6.07) is 7.48. The third kappa shape index (κ3) is 2.70. The molecule has 7 heteroatoms. The van der Waals surface area contributed by atoms with Gasteiger partial charge in [0.1, 0.15) is 4.32 Å². The molecule has 0 fully saturated rings. The zero-order valence-corrected chi connectivity index (χ0v) is 11.1. The van der Waals surface area contributed by atoms with Crippen LogP contribution in [0.4, 0.5) is 5.13 Å². The molecule has 0 radical (unpaired) electrons. The Bertz CT molecular complexity index is 526. The molecule has 0 saturated heterocycles. The van der Waals surface area contributed by atoms with Gasteiger partial charge in [0.15, 0.2) is 5.01 Å². The van der Waals surface area contributed by atoms with Crippen molar-refractivity contribution in [1.29, 1.82) is 0 Å². The summed E-state index contributed by atoms with van der Waals surface area (Å²) < 4.78 is 0.363. The van der Waals surface area contributed by atoms with E-state index in [1.165, 1.54) is 11.3 Å². The lowest BCUT2D eigenvalue weighted by molar-refractivity contribution is 1.10. The third-order valence-corrected chi connectivity index (χ3v) is 3.16. The van der Waals surface area contributed by atoms with Gasteiger partial charge in [-0.2, -0.15) is 0 Å². The Balaban J connectivity index is 2.32. The van der Waals surface area contributed by atoms with E-state index in [1.54, 1.807) is 0 Å². The van der Waals surface area contributed by atoms with Crippen molar-refractivity contribution >= 4 is 57.2 Å². The van der Waals surface area contributed by atoms with Crippen molar-refractivity contribution in [3.05, 3.63) is 29.3 Å². The number of hydrogen-bond acceptors (Lipinski definition) is 4. The van der Waals surface area contributed by atoms with Gasteiger partial charge in [-0.3, -0.25) is 0 Å². The van der Waals surface area contributed by atoms with Gasteiger partial charge in [-0.15, -0.1) is 22.8 Å². The monoisotopic (exact) mass is 287 g/mol. The van der Waals surface area contributed by atoms with Crippen LogP contribution < -0.4 is 5.32 Å². The number of thiol groups is 1. The first-order valence-corrected chi connectivity index (χ1v) is 6.30. The van der Waals surface area contributed by atoms with E-state index in [2.05, 4.69) is 28.1 Å². The first-order chi connectivity index (χ1) is 7.66. The molecular weight excluding hydrogens is 282 g/mol. The molecule has 16 heavy (non-hydrogen) atoms. The molecule has 1 heterocycles. The van der Waals surface area contributed by atoms with Gasteiger partial charge in [0, 0.05) is 5.56 Å². The molecule has 0 aliphatic rings. The van der Waals surface area contributed by atoms with Crippen LogP contribution in [0.15, 0.2) is 24.3 Å². The van der Waals surface area contributed by atoms with Crippen molar-refractivity contribution < 1.29 is 0 Å². The highest BCUT2D eigenvalue weighted by molar-refractivity contribution is 8.11. The van der Waals surface area contributed by atoms with Gasteiger partial charge in [0.25, 0.3) is 0 Å². The maximum absolute atomic E-state index is 6.05. The Kier molecular flexibility index (Phi) is 3.75. The molecule has 0 spiro atoms. The average Bonchev–Trinajstić information content (AvgIpc) is 2.66. The Morgan fingerprint density at radius 2 is 2.12 bits per heavy atom. The van der Waals surface area contributed by atoms with Crippen LogP contribution in [-0.4, -0.2) is 14.5 Å². The summed E-state index contributed by atoms with van der Waals surface area (Å²) in [7, 11) is 0. The van der Waals surface area contributed by atoms with Crippen LogP contribution in [0.5, 0.6) is 0 Å². The Morgan fingerprint density at radius 1 is 1.38 bits per heavy atom. The molecule has 1 N–H and O–H groups in total. The van der Waals surface area contributed by atoms with Crippen molar-refractivity contribution in [1.82, 2.24) is 10.2 Å². The molecule has 2 rings (SSSR count).